The number of benzene rings is 1. The van der Waals surface area contributed by atoms with Crippen molar-refractivity contribution in [2.75, 3.05) is 18.4 Å². The molecule has 2 unspecified atom stereocenters. The number of anilines is 1. The van der Waals surface area contributed by atoms with Crippen LogP contribution < -0.4 is 5.32 Å². The maximum absolute atomic E-state index is 13.0. The molecule has 8 heteroatoms. The summed E-state index contributed by atoms with van der Waals surface area (Å²) in [4.78, 5) is 14.5. The van der Waals surface area contributed by atoms with Gasteiger partial charge in [0.2, 0.25) is 15.9 Å². The molecule has 1 aliphatic heterocycles. The Bertz CT molecular complexity index is 1130. The molecule has 6 nitrogen and oxygen atoms in total. The highest BCUT2D eigenvalue weighted by Gasteiger charge is 2.34. The van der Waals surface area contributed by atoms with E-state index in [1.807, 2.05) is 6.92 Å². The van der Waals surface area contributed by atoms with Crippen LogP contribution in [0.2, 0.25) is 0 Å². The number of aryl methyl sites for hydroxylation is 1. The molecule has 1 aliphatic carbocycles. The fourth-order valence-electron chi connectivity index (χ4n) is 4.41. The van der Waals surface area contributed by atoms with E-state index in [1.54, 1.807) is 24.3 Å². The van der Waals surface area contributed by atoms with E-state index in [2.05, 4.69) is 18.3 Å². The maximum atomic E-state index is 13.0. The Hall–Kier alpha value is -2.21. The third kappa shape index (κ3) is 4.40. The van der Waals surface area contributed by atoms with Crippen molar-refractivity contribution < 1.29 is 13.2 Å². The number of thiophene rings is 1. The van der Waals surface area contributed by atoms with Gasteiger partial charge in [-0.3, -0.25) is 4.79 Å². The topological polar surface area (TPSA) is 90.3 Å². The van der Waals surface area contributed by atoms with E-state index in [0.717, 1.165) is 30.4 Å². The van der Waals surface area contributed by atoms with Gasteiger partial charge in [0.15, 0.2) is 0 Å². The fourth-order valence-corrected chi connectivity index (χ4v) is 7.29. The number of hydrogen-bond donors (Lipinski definition) is 1. The van der Waals surface area contributed by atoms with Gasteiger partial charge in [0.1, 0.15) is 11.1 Å². The second-order valence-corrected chi connectivity index (χ2v) is 11.7. The second-order valence-electron chi connectivity index (χ2n) is 8.67. The Balaban J connectivity index is 1.50. The van der Waals surface area contributed by atoms with Crippen molar-refractivity contribution in [2.45, 2.75) is 50.8 Å². The Morgan fingerprint density at radius 3 is 2.71 bits per heavy atom. The summed E-state index contributed by atoms with van der Waals surface area (Å²) in [7, 11) is -3.64. The van der Waals surface area contributed by atoms with Crippen LogP contribution in [0.4, 0.5) is 5.00 Å². The maximum Gasteiger partial charge on any atom is 0.243 e. The molecule has 0 bridgehead atoms. The predicted octanol–water partition coefficient (Wildman–Crippen LogP) is 4.09. The van der Waals surface area contributed by atoms with Crippen molar-refractivity contribution in [3.05, 3.63) is 45.8 Å². The Morgan fingerprint density at radius 1 is 1.26 bits per heavy atom. The standard InChI is InChI=1S/C23H27N3O3S2/c1-15-5-8-18(9-6-15)31(28,29)26-11-3-4-17(14-26)22(27)25-23-20(13-24)19-10-7-16(2)12-21(19)30-23/h5-6,8-9,16-17H,3-4,7,10-12,14H2,1-2H3,(H,25,27). The number of amides is 1. The summed E-state index contributed by atoms with van der Waals surface area (Å²) in [5, 5.41) is 13.2. The van der Waals surface area contributed by atoms with Crippen molar-refractivity contribution in [3.8, 4) is 6.07 Å². The van der Waals surface area contributed by atoms with Crippen LogP contribution >= 0.6 is 11.3 Å². The van der Waals surface area contributed by atoms with E-state index in [9.17, 15) is 18.5 Å². The minimum Gasteiger partial charge on any atom is -0.316 e. The summed E-state index contributed by atoms with van der Waals surface area (Å²) in [6.45, 7) is 4.69. The molecule has 2 aromatic rings. The number of fused-ring (bicyclic) bond motifs is 1. The molecule has 1 aromatic carbocycles. The smallest absolute Gasteiger partial charge is 0.243 e. The lowest BCUT2D eigenvalue weighted by Gasteiger charge is -2.31. The van der Waals surface area contributed by atoms with Crippen LogP contribution in [0.25, 0.3) is 0 Å². The lowest BCUT2D eigenvalue weighted by molar-refractivity contribution is -0.120. The van der Waals surface area contributed by atoms with Crippen LogP contribution in [0, 0.1) is 30.1 Å². The molecule has 2 heterocycles. The average molecular weight is 458 g/mol. The first kappa shape index (κ1) is 22.0. The first-order valence-corrected chi connectivity index (χ1v) is 13.0. The molecule has 1 N–H and O–H groups in total. The van der Waals surface area contributed by atoms with Crippen molar-refractivity contribution in [2.24, 2.45) is 11.8 Å². The van der Waals surface area contributed by atoms with Crippen molar-refractivity contribution in [3.63, 3.8) is 0 Å². The van der Waals surface area contributed by atoms with Crippen LogP contribution in [0.1, 0.15) is 47.8 Å². The zero-order chi connectivity index (χ0) is 22.2. The summed E-state index contributed by atoms with van der Waals surface area (Å²) in [6.07, 6.45) is 4.14. The van der Waals surface area contributed by atoms with Gasteiger partial charge in [-0.1, -0.05) is 24.6 Å². The molecular weight excluding hydrogens is 430 g/mol. The van der Waals surface area contributed by atoms with Crippen LogP contribution in [-0.2, 0) is 27.7 Å². The van der Waals surface area contributed by atoms with Crippen LogP contribution in [0.15, 0.2) is 29.2 Å². The summed E-state index contributed by atoms with van der Waals surface area (Å²) in [5.41, 5.74) is 2.66. The first-order chi connectivity index (χ1) is 14.8. The number of carbonyl (C=O) groups is 1. The highest BCUT2D eigenvalue weighted by atomic mass is 32.2. The van der Waals surface area contributed by atoms with Crippen LogP contribution in [0.5, 0.6) is 0 Å². The molecule has 0 saturated carbocycles. The third-order valence-electron chi connectivity index (χ3n) is 6.27. The normalized spacial score (nSPS) is 21.8. The first-order valence-electron chi connectivity index (χ1n) is 10.7. The van der Waals surface area contributed by atoms with Crippen molar-refractivity contribution in [1.29, 1.82) is 5.26 Å². The Labute approximate surface area is 187 Å². The molecular formula is C23H27N3O3S2. The zero-order valence-electron chi connectivity index (χ0n) is 17.8. The quantitative estimate of drug-likeness (QED) is 0.749. The third-order valence-corrected chi connectivity index (χ3v) is 9.32. The monoisotopic (exact) mass is 457 g/mol. The van der Waals surface area contributed by atoms with Gasteiger partial charge in [-0.25, -0.2) is 8.42 Å². The van der Waals surface area contributed by atoms with E-state index in [-0.39, 0.29) is 17.3 Å². The molecule has 4 rings (SSSR count). The molecule has 2 atom stereocenters. The van der Waals surface area contributed by atoms with Crippen LogP contribution in [-0.4, -0.2) is 31.7 Å². The predicted molar refractivity (Wildman–Crippen MR) is 122 cm³/mol. The van der Waals surface area contributed by atoms with Gasteiger partial charge in [0.25, 0.3) is 0 Å². The van der Waals surface area contributed by atoms with Gasteiger partial charge in [-0.15, -0.1) is 11.3 Å². The number of rotatable bonds is 4. The molecule has 1 fully saturated rings. The van der Waals surface area contributed by atoms with Crippen molar-refractivity contribution in [1.82, 2.24) is 4.31 Å². The molecule has 164 valence electrons. The lowest BCUT2D eigenvalue weighted by atomic mass is 9.88. The molecule has 1 saturated heterocycles. The van der Waals surface area contributed by atoms with Gasteiger partial charge < -0.3 is 5.32 Å². The summed E-state index contributed by atoms with van der Waals surface area (Å²) >= 11 is 1.50. The second kappa shape index (κ2) is 8.73. The zero-order valence-corrected chi connectivity index (χ0v) is 19.5. The number of sulfonamides is 1. The molecule has 1 aromatic heterocycles. The van der Waals surface area contributed by atoms with E-state index >= 15 is 0 Å². The number of nitriles is 1. The fraction of sp³-hybridized carbons (Fsp3) is 0.478. The lowest BCUT2D eigenvalue weighted by Crippen LogP contribution is -2.43. The number of nitrogens with zero attached hydrogens (tertiary/aromatic N) is 2. The summed E-state index contributed by atoms with van der Waals surface area (Å²) in [6, 6.07) is 9.07. The Morgan fingerprint density at radius 2 is 2.00 bits per heavy atom. The average Bonchev–Trinajstić information content (AvgIpc) is 3.10. The van der Waals surface area contributed by atoms with E-state index < -0.39 is 15.9 Å². The number of carbonyl (C=O) groups excluding carboxylic acids is 1. The highest BCUT2D eigenvalue weighted by molar-refractivity contribution is 7.89. The van der Waals surface area contributed by atoms with Gasteiger partial charge >= 0.3 is 0 Å². The van der Waals surface area contributed by atoms with E-state index in [1.165, 1.54) is 20.5 Å². The number of hydrogen-bond acceptors (Lipinski definition) is 5. The van der Waals surface area contributed by atoms with Gasteiger partial charge in [0, 0.05) is 18.0 Å². The SMILES string of the molecule is Cc1ccc(S(=O)(=O)N2CCCC(C(=O)Nc3sc4c(c3C#N)CCC(C)C4)C2)cc1. The summed E-state index contributed by atoms with van der Waals surface area (Å²) < 4.78 is 27.5. The largest absolute Gasteiger partial charge is 0.316 e. The van der Waals surface area contributed by atoms with Gasteiger partial charge in [-0.2, -0.15) is 9.57 Å². The molecule has 1 amide bonds. The minimum atomic E-state index is -3.64. The molecule has 31 heavy (non-hydrogen) atoms. The molecule has 2 aliphatic rings. The molecule has 0 radical (unpaired) electrons. The highest BCUT2D eigenvalue weighted by Crippen LogP contribution is 2.39. The Kier molecular flexibility index (Phi) is 6.20. The minimum absolute atomic E-state index is 0.159. The number of piperidine rings is 1. The van der Waals surface area contributed by atoms with Gasteiger partial charge in [0.05, 0.1) is 16.4 Å². The van der Waals surface area contributed by atoms with Gasteiger partial charge in [-0.05, 0) is 62.6 Å². The van der Waals surface area contributed by atoms with Crippen molar-refractivity contribution >= 4 is 32.3 Å². The van der Waals surface area contributed by atoms with E-state index in [0.29, 0.717) is 35.9 Å². The number of nitrogens with one attached hydrogen (secondary N) is 1. The summed E-state index contributed by atoms with van der Waals surface area (Å²) in [5.74, 6) is -0.0503. The van der Waals surface area contributed by atoms with Crippen LogP contribution in [0.3, 0.4) is 0 Å². The molecule has 0 spiro atoms. The van der Waals surface area contributed by atoms with E-state index in [4.69, 9.17) is 0 Å².